The number of carbonyl (C=O) groups is 1. The fourth-order valence-corrected chi connectivity index (χ4v) is 1.89. The van der Waals surface area contributed by atoms with E-state index in [-0.39, 0.29) is 12.5 Å². The molecule has 0 unspecified atom stereocenters. The van der Waals surface area contributed by atoms with Gasteiger partial charge in [0.1, 0.15) is 12.4 Å². The summed E-state index contributed by atoms with van der Waals surface area (Å²) in [5, 5.41) is 2.78. The van der Waals surface area contributed by atoms with Gasteiger partial charge in [-0.15, -0.1) is 0 Å². The maximum Gasteiger partial charge on any atom is 0.250 e. The first kappa shape index (κ1) is 16.5. The standard InChI is InChI=1S/C15H24N2O3/c1-3-20-14-10-12(6-4-5-9-16)7-8-13(14)17-15(18)11-19-2/h7-8,10H,3-6,9,11,16H2,1-2H3,(H,17,18). The van der Waals surface area contributed by atoms with Crippen molar-refractivity contribution in [1.29, 1.82) is 0 Å². The number of rotatable bonds is 9. The van der Waals surface area contributed by atoms with Crippen molar-refractivity contribution < 1.29 is 14.3 Å². The molecule has 0 fully saturated rings. The number of aryl methyl sites for hydroxylation is 1. The molecule has 0 aliphatic heterocycles. The van der Waals surface area contributed by atoms with Gasteiger partial charge in [0.25, 0.3) is 0 Å². The number of methoxy groups -OCH3 is 1. The molecule has 1 amide bonds. The summed E-state index contributed by atoms with van der Waals surface area (Å²) >= 11 is 0. The van der Waals surface area contributed by atoms with E-state index in [0.717, 1.165) is 19.3 Å². The highest BCUT2D eigenvalue weighted by Gasteiger charge is 2.08. The van der Waals surface area contributed by atoms with Crippen LogP contribution < -0.4 is 15.8 Å². The van der Waals surface area contributed by atoms with Gasteiger partial charge in [-0.25, -0.2) is 0 Å². The monoisotopic (exact) mass is 280 g/mol. The molecular weight excluding hydrogens is 256 g/mol. The number of benzene rings is 1. The molecular formula is C15H24N2O3. The van der Waals surface area contributed by atoms with Crippen LogP contribution in [0.25, 0.3) is 0 Å². The van der Waals surface area contributed by atoms with E-state index in [4.69, 9.17) is 15.2 Å². The van der Waals surface area contributed by atoms with Crippen LogP contribution in [0.3, 0.4) is 0 Å². The number of anilines is 1. The second-order valence-electron chi connectivity index (χ2n) is 4.49. The van der Waals surface area contributed by atoms with Crippen LogP contribution in [-0.2, 0) is 16.0 Å². The minimum Gasteiger partial charge on any atom is -0.492 e. The molecule has 0 heterocycles. The summed E-state index contributed by atoms with van der Waals surface area (Å²) in [4.78, 5) is 11.6. The lowest BCUT2D eigenvalue weighted by molar-refractivity contribution is -0.119. The molecule has 5 heteroatoms. The van der Waals surface area contributed by atoms with Gasteiger partial charge >= 0.3 is 0 Å². The lowest BCUT2D eigenvalue weighted by Crippen LogP contribution is -2.17. The third kappa shape index (κ3) is 5.59. The van der Waals surface area contributed by atoms with Crippen molar-refractivity contribution in [3.8, 4) is 5.75 Å². The molecule has 0 bridgehead atoms. The Morgan fingerprint density at radius 2 is 2.15 bits per heavy atom. The largest absolute Gasteiger partial charge is 0.492 e. The smallest absolute Gasteiger partial charge is 0.250 e. The fourth-order valence-electron chi connectivity index (χ4n) is 1.89. The zero-order valence-electron chi connectivity index (χ0n) is 12.3. The van der Waals surface area contributed by atoms with Crippen molar-refractivity contribution in [2.75, 3.05) is 32.2 Å². The van der Waals surface area contributed by atoms with Gasteiger partial charge in [0.05, 0.1) is 12.3 Å². The molecule has 5 nitrogen and oxygen atoms in total. The van der Waals surface area contributed by atoms with Crippen LogP contribution in [0.1, 0.15) is 25.3 Å². The van der Waals surface area contributed by atoms with Gasteiger partial charge in [-0.1, -0.05) is 6.07 Å². The Bertz CT molecular complexity index is 422. The Morgan fingerprint density at radius 1 is 1.35 bits per heavy atom. The summed E-state index contributed by atoms with van der Waals surface area (Å²) < 4.78 is 10.4. The molecule has 0 aromatic heterocycles. The average molecular weight is 280 g/mol. The number of unbranched alkanes of at least 4 members (excludes halogenated alkanes) is 1. The van der Waals surface area contributed by atoms with E-state index in [0.29, 0.717) is 24.6 Å². The fraction of sp³-hybridized carbons (Fsp3) is 0.533. The number of hydrogen-bond donors (Lipinski definition) is 2. The van der Waals surface area contributed by atoms with Crippen LogP contribution in [0.2, 0.25) is 0 Å². The van der Waals surface area contributed by atoms with E-state index in [1.165, 1.54) is 12.7 Å². The van der Waals surface area contributed by atoms with Crippen molar-refractivity contribution in [1.82, 2.24) is 0 Å². The van der Waals surface area contributed by atoms with Crippen molar-refractivity contribution in [3.05, 3.63) is 23.8 Å². The third-order valence-corrected chi connectivity index (χ3v) is 2.81. The number of hydrogen-bond acceptors (Lipinski definition) is 4. The minimum absolute atomic E-state index is 0.0316. The second kappa shape index (κ2) is 9.34. The first-order valence-electron chi connectivity index (χ1n) is 6.95. The number of carbonyl (C=O) groups excluding carboxylic acids is 1. The summed E-state index contributed by atoms with van der Waals surface area (Å²) in [6.45, 7) is 3.22. The third-order valence-electron chi connectivity index (χ3n) is 2.81. The average Bonchev–Trinajstić information content (AvgIpc) is 2.42. The minimum atomic E-state index is -0.190. The molecule has 0 atom stereocenters. The van der Waals surface area contributed by atoms with Crippen LogP contribution in [0, 0.1) is 0 Å². The van der Waals surface area contributed by atoms with Crippen molar-refractivity contribution in [2.45, 2.75) is 26.2 Å². The maximum atomic E-state index is 11.6. The van der Waals surface area contributed by atoms with E-state index in [9.17, 15) is 4.79 Å². The molecule has 112 valence electrons. The Balaban J connectivity index is 2.75. The molecule has 1 aromatic rings. The molecule has 0 aliphatic rings. The zero-order chi connectivity index (χ0) is 14.8. The Kier molecular flexibility index (Phi) is 7.69. The second-order valence-corrected chi connectivity index (χ2v) is 4.49. The van der Waals surface area contributed by atoms with Crippen LogP contribution in [0.4, 0.5) is 5.69 Å². The van der Waals surface area contributed by atoms with Gasteiger partial charge in [-0.3, -0.25) is 4.79 Å². The Labute approximate surface area is 120 Å². The molecule has 20 heavy (non-hydrogen) atoms. The lowest BCUT2D eigenvalue weighted by atomic mass is 10.1. The SMILES string of the molecule is CCOc1cc(CCCCN)ccc1NC(=O)COC. The van der Waals surface area contributed by atoms with Crippen molar-refractivity contribution >= 4 is 11.6 Å². The van der Waals surface area contributed by atoms with Crippen molar-refractivity contribution in [2.24, 2.45) is 5.73 Å². The first-order valence-corrected chi connectivity index (χ1v) is 6.95. The summed E-state index contributed by atoms with van der Waals surface area (Å²) in [6, 6.07) is 5.85. The number of ether oxygens (including phenoxy) is 2. The summed E-state index contributed by atoms with van der Waals surface area (Å²) in [5.74, 6) is 0.506. The summed E-state index contributed by atoms with van der Waals surface area (Å²) in [6.07, 6.45) is 3.03. The van der Waals surface area contributed by atoms with E-state index >= 15 is 0 Å². The first-order chi connectivity index (χ1) is 9.71. The molecule has 0 saturated carbocycles. The van der Waals surface area contributed by atoms with Gasteiger partial charge in [-0.2, -0.15) is 0 Å². The quantitative estimate of drug-likeness (QED) is 0.678. The van der Waals surface area contributed by atoms with Crippen LogP contribution >= 0.6 is 0 Å². The highest BCUT2D eigenvalue weighted by atomic mass is 16.5. The number of amides is 1. The molecule has 0 aliphatic carbocycles. The lowest BCUT2D eigenvalue weighted by Gasteiger charge is -2.13. The zero-order valence-corrected chi connectivity index (χ0v) is 12.3. The van der Waals surface area contributed by atoms with E-state index in [2.05, 4.69) is 5.32 Å². The summed E-state index contributed by atoms with van der Waals surface area (Å²) in [7, 11) is 1.49. The van der Waals surface area contributed by atoms with Crippen LogP contribution in [0.5, 0.6) is 5.75 Å². The highest BCUT2D eigenvalue weighted by Crippen LogP contribution is 2.26. The van der Waals surface area contributed by atoms with E-state index in [1.54, 1.807) is 0 Å². The topological polar surface area (TPSA) is 73.6 Å². The molecule has 0 spiro atoms. The van der Waals surface area contributed by atoms with Crippen LogP contribution in [-0.4, -0.2) is 32.8 Å². The van der Waals surface area contributed by atoms with Gasteiger partial charge in [0, 0.05) is 7.11 Å². The Morgan fingerprint density at radius 3 is 2.80 bits per heavy atom. The maximum absolute atomic E-state index is 11.6. The molecule has 0 saturated heterocycles. The van der Waals surface area contributed by atoms with Crippen molar-refractivity contribution in [3.63, 3.8) is 0 Å². The molecule has 1 rings (SSSR count). The highest BCUT2D eigenvalue weighted by molar-refractivity contribution is 5.93. The molecule has 0 radical (unpaired) electrons. The normalized spacial score (nSPS) is 10.3. The van der Waals surface area contributed by atoms with Gasteiger partial charge in [0.15, 0.2) is 0 Å². The number of nitrogens with two attached hydrogens (primary N) is 1. The predicted octanol–water partition coefficient (Wildman–Crippen LogP) is 1.95. The molecule has 3 N–H and O–H groups in total. The molecule has 1 aromatic carbocycles. The van der Waals surface area contributed by atoms with E-state index in [1.807, 2.05) is 25.1 Å². The Hall–Kier alpha value is -1.59. The van der Waals surface area contributed by atoms with E-state index < -0.39 is 0 Å². The van der Waals surface area contributed by atoms with Gasteiger partial charge < -0.3 is 20.5 Å². The van der Waals surface area contributed by atoms with Gasteiger partial charge in [-0.05, 0) is 50.4 Å². The number of nitrogens with one attached hydrogen (secondary N) is 1. The predicted molar refractivity (Wildman–Crippen MR) is 80.1 cm³/mol. The summed E-state index contributed by atoms with van der Waals surface area (Å²) in [5.41, 5.74) is 7.36. The van der Waals surface area contributed by atoms with Crippen LogP contribution in [0.15, 0.2) is 18.2 Å². The van der Waals surface area contributed by atoms with Gasteiger partial charge in [0.2, 0.25) is 5.91 Å².